The number of aliphatic hydroxyl groups is 1. The smallest absolute Gasteiger partial charge is 0.125 e. The summed E-state index contributed by atoms with van der Waals surface area (Å²) >= 11 is 7.81. The van der Waals surface area contributed by atoms with Gasteiger partial charge >= 0.3 is 0 Å². The number of aliphatic hydroxyl groups excluding tert-OH is 1. The van der Waals surface area contributed by atoms with Gasteiger partial charge in [0.15, 0.2) is 0 Å². The van der Waals surface area contributed by atoms with Gasteiger partial charge in [-0.25, -0.2) is 0 Å². The number of hydrogen-bond donors (Lipinski definition) is 1. The summed E-state index contributed by atoms with van der Waals surface area (Å²) in [6.07, 6.45) is -0.570. The maximum atomic E-state index is 9.95. The first-order valence-electron chi connectivity index (χ1n) is 6.34. The molecule has 0 spiro atoms. The van der Waals surface area contributed by atoms with E-state index in [1.54, 1.807) is 25.8 Å². The van der Waals surface area contributed by atoms with Gasteiger partial charge in [-0.15, -0.1) is 11.8 Å². The fraction of sp³-hybridized carbons (Fsp3) is 0.250. The Labute approximate surface area is 128 Å². The SMILES string of the molecule is COc1cccc(SCc2ccccc2Cl)c1[C@H](C)O. The first kappa shape index (κ1) is 15.2. The predicted molar refractivity (Wildman–Crippen MR) is 84.6 cm³/mol. The fourth-order valence-corrected chi connectivity index (χ4v) is 3.46. The first-order chi connectivity index (χ1) is 9.63. The summed E-state index contributed by atoms with van der Waals surface area (Å²) in [5.74, 6) is 1.47. The number of rotatable bonds is 5. The minimum atomic E-state index is -0.570. The molecule has 2 aromatic carbocycles. The number of benzene rings is 2. The average Bonchev–Trinajstić information content (AvgIpc) is 2.45. The van der Waals surface area contributed by atoms with Crippen LogP contribution in [0.1, 0.15) is 24.2 Å². The highest BCUT2D eigenvalue weighted by Crippen LogP contribution is 2.36. The van der Waals surface area contributed by atoms with Gasteiger partial charge in [-0.1, -0.05) is 35.9 Å². The molecule has 2 nitrogen and oxygen atoms in total. The molecule has 106 valence electrons. The summed E-state index contributed by atoms with van der Waals surface area (Å²) in [6, 6.07) is 13.6. The van der Waals surface area contributed by atoms with Gasteiger partial charge in [0.05, 0.1) is 13.2 Å². The average molecular weight is 309 g/mol. The molecule has 0 amide bonds. The molecule has 0 bridgehead atoms. The lowest BCUT2D eigenvalue weighted by molar-refractivity contribution is 0.191. The van der Waals surface area contributed by atoms with Crippen molar-refractivity contribution in [2.75, 3.05) is 7.11 Å². The minimum Gasteiger partial charge on any atom is -0.496 e. The molecule has 2 aromatic rings. The van der Waals surface area contributed by atoms with Gasteiger partial charge in [0.25, 0.3) is 0 Å². The summed E-state index contributed by atoms with van der Waals surface area (Å²) < 4.78 is 5.32. The lowest BCUT2D eigenvalue weighted by Crippen LogP contribution is -1.99. The highest BCUT2D eigenvalue weighted by Gasteiger charge is 2.14. The zero-order valence-corrected chi connectivity index (χ0v) is 13.0. The number of methoxy groups -OCH3 is 1. The number of thioether (sulfide) groups is 1. The van der Waals surface area contributed by atoms with Crippen LogP contribution in [0, 0.1) is 0 Å². The standard InChI is InChI=1S/C16H17ClO2S/c1-11(18)16-14(19-2)8-5-9-15(16)20-10-12-6-3-4-7-13(12)17/h3-9,11,18H,10H2,1-2H3/t11-/m0/s1. The van der Waals surface area contributed by atoms with Gasteiger partial charge in [0.1, 0.15) is 5.75 Å². The predicted octanol–water partition coefficient (Wildman–Crippen LogP) is 4.69. The van der Waals surface area contributed by atoms with Crippen LogP contribution in [0.5, 0.6) is 5.75 Å². The molecule has 4 heteroatoms. The monoisotopic (exact) mass is 308 g/mol. The number of ether oxygens (including phenoxy) is 1. The molecule has 0 radical (unpaired) electrons. The van der Waals surface area contributed by atoms with E-state index in [-0.39, 0.29) is 0 Å². The number of hydrogen-bond acceptors (Lipinski definition) is 3. The van der Waals surface area contributed by atoms with Crippen LogP contribution < -0.4 is 4.74 Å². The van der Waals surface area contributed by atoms with E-state index in [4.69, 9.17) is 16.3 Å². The third-order valence-corrected chi connectivity index (χ3v) is 4.50. The largest absolute Gasteiger partial charge is 0.496 e. The molecule has 2 rings (SSSR count). The molecule has 0 heterocycles. The van der Waals surface area contributed by atoms with Gasteiger partial charge in [0.2, 0.25) is 0 Å². The second kappa shape index (κ2) is 7.02. The first-order valence-corrected chi connectivity index (χ1v) is 7.71. The van der Waals surface area contributed by atoms with E-state index in [1.807, 2.05) is 42.5 Å². The molecule has 0 unspecified atom stereocenters. The molecule has 0 aromatic heterocycles. The molecule has 0 saturated carbocycles. The van der Waals surface area contributed by atoms with Crippen LogP contribution >= 0.6 is 23.4 Å². The molecule has 0 aliphatic carbocycles. The summed E-state index contributed by atoms with van der Waals surface area (Å²) in [7, 11) is 1.61. The van der Waals surface area contributed by atoms with Crippen LogP contribution in [0.4, 0.5) is 0 Å². The van der Waals surface area contributed by atoms with Crippen LogP contribution in [-0.2, 0) is 5.75 Å². The third kappa shape index (κ3) is 3.48. The van der Waals surface area contributed by atoms with Crippen molar-refractivity contribution in [3.05, 3.63) is 58.6 Å². The second-order valence-electron chi connectivity index (χ2n) is 4.43. The Morgan fingerprint density at radius 3 is 2.60 bits per heavy atom. The van der Waals surface area contributed by atoms with E-state index in [0.717, 1.165) is 26.8 Å². The Kier molecular flexibility index (Phi) is 5.35. The Balaban J connectivity index is 2.24. The van der Waals surface area contributed by atoms with Gasteiger partial charge in [-0.05, 0) is 30.7 Å². The lowest BCUT2D eigenvalue weighted by atomic mass is 10.1. The topological polar surface area (TPSA) is 29.5 Å². The molecule has 20 heavy (non-hydrogen) atoms. The van der Waals surface area contributed by atoms with Gasteiger partial charge in [-0.2, -0.15) is 0 Å². The molecule has 1 N–H and O–H groups in total. The minimum absolute atomic E-state index is 0.570. The molecule has 1 atom stereocenters. The molecule has 0 fully saturated rings. The van der Waals surface area contributed by atoms with Crippen molar-refractivity contribution in [1.82, 2.24) is 0 Å². The normalized spacial score (nSPS) is 12.2. The van der Waals surface area contributed by atoms with E-state index in [0.29, 0.717) is 5.75 Å². The third-order valence-electron chi connectivity index (χ3n) is 3.00. The summed E-state index contributed by atoms with van der Waals surface area (Å²) in [4.78, 5) is 1.01. The number of halogens is 1. The molecule has 0 saturated heterocycles. The summed E-state index contributed by atoms with van der Waals surface area (Å²) in [5, 5.41) is 10.7. The molecule has 0 aliphatic heterocycles. The van der Waals surface area contributed by atoms with Gasteiger partial charge in [-0.3, -0.25) is 0 Å². The second-order valence-corrected chi connectivity index (χ2v) is 5.85. The van der Waals surface area contributed by atoms with Crippen LogP contribution in [0.15, 0.2) is 47.4 Å². The summed E-state index contributed by atoms with van der Waals surface area (Å²) in [5.41, 5.74) is 1.91. The Hall–Kier alpha value is -1.16. The highest BCUT2D eigenvalue weighted by atomic mass is 35.5. The van der Waals surface area contributed by atoms with Crippen molar-refractivity contribution in [3.63, 3.8) is 0 Å². The maximum Gasteiger partial charge on any atom is 0.125 e. The van der Waals surface area contributed by atoms with Crippen LogP contribution in [0.3, 0.4) is 0 Å². The van der Waals surface area contributed by atoms with Crippen LogP contribution in [0.25, 0.3) is 0 Å². The van der Waals surface area contributed by atoms with Crippen molar-refractivity contribution in [3.8, 4) is 5.75 Å². The van der Waals surface area contributed by atoms with Gasteiger partial charge < -0.3 is 9.84 Å². The van der Waals surface area contributed by atoms with E-state index in [9.17, 15) is 5.11 Å². The van der Waals surface area contributed by atoms with Crippen LogP contribution in [0.2, 0.25) is 5.02 Å². The Morgan fingerprint density at radius 1 is 1.20 bits per heavy atom. The Bertz CT molecular complexity index is 584. The highest BCUT2D eigenvalue weighted by molar-refractivity contribution is 7.98. The molecular formula is C16H17ClO2S. The van der Waals surface area contributed by atoms with Crippen molar-refractivity contribution < 1.29 is 9.84 Å². The van der Waals surface area contributed by atoms with E-state index >= 15 is 0 Å². The maximum absolute atomic E-state index is 9.95. The van der Waals surface area contributed by atoms with Gasteiger partial charge in [0, 0.05) is 21.2 Å². The van der Waals surface area contributed by atoms with Crippen molar-refractivity contribution >= 4 is 23.4 Å². The zero-order chi connectivity index (χ0) is 14.5. The lowest BCUT2D eigenvalue weighted by Gasteiger charge is -2.16. The van der Waals surface area contributed by atoms with Crippen molar-refractivity contribution in [1.29, 1.82) is 0 Å². The fourth-order valence-electron chi connectivity index (χ4n) is 2.01. The van der Waals surface area contributed by atoms with Crippen molar-refractivity contribution in [2.24, 2.45) is 0 Å². The molecule has 0 aliphatic rings. The van der Waals surface area contributed by atoms with Crippen molar-refractivity contribution in [2.45, 2.75) is 23.7 Å². The zero-order valence-electron chi connectivity index (χ0n) is 11.5. The van der Waals surface area contributed by atoms with E-state index < -0.39 is 6.10 Å². The van der Waals surface area contributed by atoms with Crippen LogP contribution in [-0.4, -0.2) is 12.2 Å². The van der Waals surface area contributed by atoms with E-state index in [1.165, 1.54) is 0 Å². The summed E-state index contributed by atoms with van der Waals surface area (Å²) in [6.45, 7) is 1.75. The Morgan fingerprint density at radius 2 is 1.95 bits per heavy atom. The quantitative estimate of drug-likeness (QED) is 0.812. The molecular weight excluding hydrogens is 292 g/mol. The van der Waals surface area contributed by atoms with E-state index in [2.05, 4.69) is 0 Å².